The van der Waals surface area contributed by atoms with E-state index in [-0.39, 0.29) is 29.3 Å². The number of carbonyl (C=O) groups excluding carboxylic acids is 2. The zero-order valence-electron chi connectivity index (χ0n) is 18.2. The van der Waals surface area contributed by atoms with Crippen LogP contribution >= 0.6 is 11.6 Å². The summed E-state index contributed by atoms with van der Waals surface area (Å²) in [6, 6.07) is 8.62. The van der Waals surface area contributed by atoms with Gasteiger partial charge in [0.2, 0.25) is 15.9 Å². The van der Waals surface area contributed by atoms with Crippen LogP contribution in [0.5, 0.6) is 0 Å². The normalized spacial score (nSPS) is 12.2. The molecule has 0 saturated carbocycles. The molecule has 9 heteroatoms. The van der Waals surface area contributed by atoms with Gasteiger partial charge in [0, 0.05) is 0 Å². The van der Waals surface area contributed by atoms with Gasteiger partial charge in [-0.3, -0.25) is 9.10 Å². The van der Waals surface area contributed by atoms with E-state index >= 15 is 0 Å². The lowest BCUT2D eigenvalue weighted by Gasteiger charge is -2.30. The molecule has 0 aliphatic carbocycles. The Labute approximate surface area is 188 Å². The van der Waals surface area contributed by atoms with Crippen molar-refractivity contribution in [2.24, 2.45) is 0 Å². The standard InChI is InChI=1S/C22H27ClN2O5S/c1-6-20(25(31(5,28)29)17-10-8-14(3)15(4)12-17)21(26)24-19-11-9-16(13-18(19)23)22(27)30-7-2/h8-13,20H,6-7H2,1-5H3,(H,24,26). The van der Waals surface area contributed by atoms with Crippen molar-refractivity contribution in [3.05, 3.63) is 58.1 Å². The highest BCUT2D eigenvalue weighted by atomic mass is 35.5. The molecule has 0 spiro atoms. The first-order valence-electron chi connectivity index (χ1n) is 9.83. The number of sulfonamides is 1. The number of hydrogen-bond acceptors (Lipinski definition) is 5. The number of aryl methyl sites for hydroxylation is 2. The Hall–Kier alpha value is -2.58. The molecular formula is C22H27ClN2O5S. The molecule has 0 radical (unpaired) electrons. The zero-order valence-corrected chi connectivity index (χ0v) is 19.8. The number of carbonyl (C=O) groups is 2. The van der Waals surface area contributed by atoms with Gasteiger partial charge in [0.05, 0.1) is 34.8 Å². The van der Waals surface area contributed by atoms with Crippen LogP contribution in [0.2, 0.25) is 5.02 Å². The van der Waals surface area contributed by atoms with Crippen LogP contribution < -0.4 is 9.62 Å². The van der Waals surface area contributed by atoms with Gasteiger partial charge < -0.3 is 10.1 Å². The summed E-state index contributed by atoms with van der Waals surface area (Å²) < 4.78 is 31.3. The molecule has 2 aromatic carbocycles. The smallest absolute Gasteiger partial charge is 0.338 e. The van der Waals surface area contributed by atoms with Gasteiger partial charge in [-0.1, -0.05) is 24.6 Å². The Morgan fingerprint density at radius 1 is 1.10 bits per heavy atom. The number of amides is 1. The van der Waals surface area contributed by atoms with Gasteiger partial charge in [-0.15, -0.1) is 0 Å². The average molecular weight is 467 g/mol. The maximum absolute atomic E-state index is 13.1. The molecule has 168 valence electrons. The van der Waals surface area contributed by atoms with Crippen molar-refractivity contribution >= 4 is 44.9 Å². The highest BCUT2D eigenvalue weighted by Gasteiger charge is 2.32. The first kappa shape index (κ1) is 24.7. The van der Waals surface area contributed by atoms with E-state index in [1.165, 1.54) is 18.2 Å². The van der Waals surface area contributed by atoms with Crippen LogP contribution in [0.15, 0.2) is 36.4 Å². The average Bonchev–Trinajstić information content (AvgIpc) is 2.69. The Morgan fingerprint density at radius 2 is 1.77 bits per heavy atom. The van der Waals surface area contributed by atoms with E-state index in [4.69, 9.17) is 16.3 Å². The van der Waals surface area contributed by atoms with Crippen molar-refractivity contribution < 1.29 is 22.7 Å². The van der Waals surface area contributed by atoms with Gasteiger partial charge in [-0.25, -0.2) is 13.2 Å². The molecule has 7 nitrogen and oxygen atoms in total. The second kappa shape index (κ2) is 10.2. The molecule has 0 fully saturated rings. The second-order valence-electron chi connectivity index (χ2n) is 7.16. The summed E-state index contributed by atoms with van der Waals surface area (Å²) >= 11 is 6.24. The Morgan fingerprint density at radius 3 is 2.29 bits per heavy atom. The van der Waals surface area contributed by atoms with Crippen LogP contribution in [-0.4, -0.2) is 39.2 Å². The Balaban J connectivity index is 2.36. The number of nitrogens with one attached hydrogen (secondary N) is 1. The molecule has 0 aliphatic heterocycles. The number of nitrogens with zero attached hydrogens (tertiary/aromatic N) is 1. The maximum Gasteiger partial charge on any atom is 0.338 e. The topological polar surface area (TPSA) is 92.8 Å². The van der Waals surface area contributed by atoms with E-state index in [0.717, 1.165) is 21.7 Å². The van der Waals surface area contributed by atoms with Gasteiger partial charge in [0.1, 0.15) is 6.04 Å². The maximum atomic E-state index is 13.1. The van der Waals surface area contributed by atoms with E-state index in [1.807, 2.05) is 19.9 Å². The number of rotatable bonds is 8. The largest absolute Gasteiger partial charge is 0.462 e. The van der Waals surface area contributed by atoms with Crippen LogP contribution in [0, 0.1) is 13.8 Å². The van der Waals surface area contributed by atoms with E-state index in [1.54, 1.807) is 26.0 Å². The summed E-state index contributed by atoms with van der Waals surface area (Å²) in [6.07, 6.45) is 1.31. The quantitative estimate of drug-likeness (QED) is 0.585. The third-order valence-electron chi connectivity index (χ3n) is 4.81. The Kier molecular flexibility index (Phi) is 8.08. The lowest BCUT2D eigenvalue weighted by molar-refractivity contribution is -0.117. The molecular weight excluding hydrogens is 440 g/mol. The zero-order chi connectivity index (χ0) is 23.3. The molecule has 1 N–H and O–H groups in total. The number of benzene rings is 2. The fourth-order valence-electron chi connectivity index (χ4n) is 3.10. The van der Waals surface area contributed by atoms with Crippen molar-refractivity contribution in [3.8, 4) is 0 Å². The lowest BCUT2D eigenvalue weighted by Crippen LogP contribution is -2.47. The molecule has 0 bridgehead atoms. The number of ether oxygens (including phenoxy) is 1. The summed E-state index contributed by atoms with van der Waals surface area (Å²) in [5, 5.41) is 2.82. The van der Waals surface area contributed by atoms with Crippen LogP contribution in [0.3, 0.4) is 0 Å². The minimum atomic E-state index is -3.75. The van der Waals surface area contributed by atoms with E-state index in [0.29, 0.717) is 5.69 Å². The van der Waals surface area contributed by atoms with Gasteiger partial charge in [0.15, 0.2) is 0 Å². The molecule has 0 aliphatic rings. The van der Waals surface area contributed by atoms with Crippen molar-refractivity contribution in [1.29, 1.82) is 0 Å². The fourth-order valence-corrected chi connectivity index (χ4v) is 4.53. The fraction of sp³-hybridized carbons (Fsp3) is 0.364. The van der Waals surface area contributed by atoms with Crippen molar-refractivity contribution in [2.75, 3.05) is 22.5 Å². The molecule has 1 unspecified atom stereocenters. The third-order valence-corrected chi connectivity index (χ3v) is 6.31. The predicted molar refractivity (Wildman–Crippen MR) is 123 cm³/mol. The molecule has 2 rings (SSSR count). The molecule has 0 saturated heterocycles. The predicted octanol–water partition coefficient (Wildman–Crippen LogP) is 4.32. The summed E-state index contributed by atoms with van der Waals surface area (Å²) in [7, 11) is -3.75. The van der Waals surface area contributed by atoms with E-state index in [9.17, 15) is 18.0 Å². The third kappa shape index (κ3) is 5.98. The summed E-state index contributed by atoms with van der Waals surface area (Å²) in [5.41, 5.74) is 2.87. The SMILES string of the molecule is CCOC(=O)c1ccc(NC(=O)C(CC)N(c2ccc(C)c(C)c2)S(C)(=O)=O)c(Cl)c1. The molecule has 1 amide bonds. The summed E-state index contributed by atoms with van der Waals surface area (Å²) in [6.45, 7) is 7.46. The molecule has 0 aromatic heterocycles. The highest BCUT2D eigenvalue weighted by molar-refractivity contribution is 7.92. The van der Waals surface area contributed by atoms with E-state index < -0.39 is 27.9 Å². The first-order chi connectivity index (χ1) is 14.5. The van der Waals surface area contributed by atoms with Gasteiger partial charge in [-0.2, -0.15) is 0 Å². The van der Waals surface area contributed by atoms with Gasteiger partial charge in [0.25, 0.3) is 0 Å². The number of esters is 1. The monoisotopic (exact) mass is 466 g/mol. The van der Waals surface area contributed by atoms with E-state index in [2.05, 4.69) is 5.32 Å². The van der Waals surface area contributed by atoms with Crippen LogP contribution in [0.4, 0.5) is 11.4 Å². The van der Waals surface area contributed by atoms with Crippen LogP contribution in [0.25, 0.3) is 0 Å². The molecule has 0 heterocycles. The summed E-state index contributed by atoms with van der Waals surface area (Å²) in [5.74, 6) is -1.05. The highest BCUT2D eigenvalue weighted by Crippen LogP contribution is 2.28. The number of hydrogen-bond donors (Lipinski definition) is 1. The molecule has 2 aromatic rings. The van der Waals surface area contributed by atoms with Crippen LogP contribution in [-0.2, 0) is 19.6 Å². The molecule has 1 atom stereocenters. The van der Waals surface area contributed by atoms with Gasteiger partial charge >= 0.3 is 5.97 Å². The number of halogens is 1. The number of anilines is 2. The first-order valence-corrected chi connectivity index (χ1v) is 12.1. The van der Waals surface area contributed by atoms with Crippen molar-refractivity contribution in [1.82, 2.24) is 0 Å². The second-order valence-corrected chi connectivity index (χ2v) is 9.42. The minimum Gasteiger partial charge on any atom is -0.462 e. The van der Waals surface area contributed by atoms with Crippen LogP contribution in [0.1, 0.15) is 41.8 Å². The lowest BCUT2D eigenvalue weighted by atomic mass is 10.1. The van der Waals surface area contributed by atoms with Gasteiger partial charge in [-0.05, 0) is 68.7 Å². The summed E-state index contributed by atoms with van der Waals surface area (Å²) in [4.78, 5) is 24.9. The van der Waals surface area contributed by atoms with Crippen molar-refractivity contribution in [2.45, 2.75) is 40.2 Å². The van der Waals surface area contributed by atoms with Crippen molar-refractivity contribution in [3.63, 3.8) is 0 Å². The minimum absolute atomic E-state index is 0.144. The Bertz CT molecular complexity index is 1090. The molecule has 31 heavy (non-hydrogen) atoms.